The first-order valence-corrected chi connectivity index (χ1v) is 19.8. The molecule has 0 spiro atoms. The van der Waals surface area contributed by atoms with Gasteiger partial charge in [0.1, 0.15) is 17.3 Å². The maximum Gasteiger partial charge on any atom is 0.268 e. The van der Waals surface area contributed by atoms with E-state index in [1.54, 1.807) is 57.8 Å². The van der Waals surface area contributed by atoms with Gasteiger partial charge in [-0.2, -0.15) is 18.2 Å². The van der Waals surface area contributed by atoms with Gasteiger partial charge in [-0.3, -0.25) is 4.57 Å². The molecule has 0 atom stereocenters. The van der Waals surface area contributed by atoms with E-state index in [0.29, 0.717) is 51.0 Å². The second-order valence-corrected chi connectivity index (χ2v) is 16.7. The molecule has 10 aromatic rings. The van der Waals surface area contributed by atoms with E-state index < -0.39 is 60.4 Å². The Morgan fingerprint density at radius 1 is 0.677 bits per heavy atom. The molecule has 0 aliphatic heterocycles. The Kier molecular flexibility index (Phi) is 7.82. The van der Waals surface area contributed by atoms with Crippen LogP contribution in [0.3, 0.4) is 0 Å². The average Bonchev–Trinajstić information content (AvgIpc) is 3.89. The number of rotatable bonds is 7. The fourth-order valence-corrected chi connectivity index (χ4v) is 7.45. The standard InChI is InChI=1S/C54H44N6O.Pt/c1-53(2,3)38-29-30-55-49(31-38)60-48-33-41(27-28-44(48)45-34-56-52(54(4,5)6)57-51(45)60)61-40-22-15-21-39(32-40)58-35-59(47-26-14-13-25-46(47)58)50-42(36-17-9-7-10-18-36)23-16-24-43(50)37-19-11-8-12-20-37;/h7-31,34H,1-6H3;/q-2;/i7D,8D,9D,10D,11D,12D,17D,18D,19D,20D;. The summed E-state index contributed by atoms with van der Waals surface area (Å²) < 4.78 is 98.8. The molecule has 62 heavy (non-hydrogen) atoms. The van der Waals surface area contributed by atoms with Gasteiger partial charge in [-0.05, 0) is 56.4 Å². The van der Waals surface area contributed by atoms with Gasteiger partial charge in [0.15, 0.2) is 0 Å². The summed E-state index contributed by atoms with van der Waals surface area (Å²) in [6.07, 6.45) is 7.05. The second-order valence-electron chi connectivity index (χ2n) is 16.7. The zero-order chi connectivity index (χ0) is 50.6. The van der Waals surface area contributed by atoms with Crippen LogP contribution in [0.15, 0.2) is 158 Å². The zero-order valence-corrected chi connectivity index (χ0v) is 36.9. The molecule has 0 fully saturated rings. The van der Waals surface area contributed by atoms with E-state index in [1.165, 1.54) is 0 Å². The largest absolute Gasteiger partial charge is 0.510 e. The quantitative estimate of drug-likeness (QED) is 0.118. The van der Waals surface area contributed by atoms with Crippen molar-refractivity contribution in [1.82, 2.24) is 24.1 Å². The van der Waals surface area contributed by atoms with E-state index in [1.807, 2.05) is 47.2 Å². The zero-order valence-electron chi connectivity index (χ0n) is 44.6. The molecule has 0 saturated heterocycles. The molecule has 7 nitrogen and oxygen atoms in total. The van der Waals surface area contributed by atoms with Gasteiger partial charge in [-0.25, -0.2) is 15.0 Å². The van der Waals surface area contributed by atoms with E-state index in [2.05, 4.69) is 66.1 Å². The van der Waals surface area contributed by atoms with E-state index in [-0.39, 0.29) is 59.8 Å². The van der Waals surface area contributed by atoms with Crippen molar-refractivity contribution in [2.45, 2.75) is 52.4 Å². The average molecular weight is 998 g/mol. The molecule has 0 saturated carbocycles. The number of aromatic nitrogens is 6. The van der Waals surface area contributed by atoms with Crippen molar-refractivity contribution in [2.24, 2.45) is 0 Å². The smallest absolute Gasteiger partial charge is 0.268 e. The molecule has 10 rings (SSSR count). The van der Waals surface area contributed by atoms with Crippen molar-refractivity contribution in [3.8, 4) is 50.9 Å². The van der Waals surface area contributed by atoms with Crippen LogP contribution in [0.2, 0.25) is 0 Å². The maximum absolute atomic E-state index is 9.01. The third-order valence-electron chi connectivity index (χ3n) is 10.5. The Balaban J connectivity index is 0.00000640. The number of pyridine rings is 1. The molecule has 4 heterocycles. The summed E-state index contributed by atoms with van der Waals surface area (Å²) in [7, 11) is 0. The van der Waals surface area contributed by atoms with Gasteiger partial charge in [-0.15, -0.1) is 24.3 Å². The van der Waals surface area contributed by atoms with Crippen LogP contribution in [0.25, 0.3) is 72.4 Å². The molecular weight excluding hydrogens is 944 g/mol. The summed E-state index contributed by atoms with van der Waals surface area (Å²) in [5, 5.41) is 1.69. The molecule has 0 aliphatic carbocycles. The Morgan fingerprint density at radius 2 is 1.35 bits per heavy atom. The number of para-hydroxylation sites is 3. The monoisotopic (exact) mass is 997 g/mol. The van der Waals surface area contributed by atoms with E-state index in [9.17, 15) is 0 Å². The molecule has 308 valence electrons. The van der Waals surface area contributed by atoms with Gasteiger partial charge in [0.25, 0.3) is 6.33 Å². The normalized spacial score (nSPS) is 14.2. The van der Waals surface area contributed by atoms with Gasteiger partial charge in [-0.1, -0.05) is 155 Å². The van der Waals surface area contributed by atoms with Gasteiger partial charge in [0.2, 0.25) is 0 Å². The Bertz CT molecular complexity index is 3710. The minimum Gasteiger partial charge on any atom is -0.510 e. The fraction of sp³-hybridized carbons (Fsp3) is 0.148. The van der Waals surface area contributed by atoms with Gasteiger partial charge in [0, 0.05) is 50.4 Å². The Labute approximate surface area is 390 Å². The topological polar surface area (TPSA) is 61.6 Å². The summed E-state index contributed by atoms with van der Waals surface area (Å²) in [4.78, 5) is 14.7. The summed E-state index contributed by atoms with van der Waals surface area (Å²) in [5.74, 6) is 2.07. The van der Waals surface area contributed by atoms with Crippen molar-refractivity contribution < 1.29 is 44.1 Å². The second kappa shape index (κ2) is 16.0. The first kappa shape index (κ1) is 30.4. The first-order chi connectivity index (χ1) is 33.6. The number of imidazole rings is 1. The van der Waals surface area contributed by atoms with Gasteiger partial charge in [0.05, 0.1) is 30.4 Å². The Hall–Kier alpha value is -6.69. The molecule has 0 amide bonds. The number of ether oxygens (including phenoxy) is 1. The fourth-order valence-electron chi connectivity index (χ4n) is 7.45. The molecule has 6 aromatic carbocycles. The van der Waals surface area contributed by atoms with Crippen LogP contribution in [0.5, 0.6) is 11.5 Å². The minimum atomic E-state index is -0.577. The first-order valence-electron chi connectivity index (χ1n) is 24.8. The van der Waals surface area contributed by atoms with Crippen molar-refractivity contribution in [3.63, 3.8) is 0 Å². The van der Waals surface area contributed by atoms with Gasteiger partial charge >= 0.3 is 0 Å². The molecule has 4 aromatic heterocycles. The maximum atomic E-state index is 9.01. The van der Waals surface area contributed by atoms with Crippen LogP contribution in [0.1, 0.15) is 66.6 Å². The summed E-state index contributed by atoms with van der Waals surface area (Å²) >= 11 is 0. The third kappa shape index (κ3) is 7.41. The van der Waals surface area contributed by atoms with E-state index in [0.717, 1.165) is 16.3 Å². The van der Waals surface area contributed by atoms with E-state index in [4.69, 9.17) is 33.4 Å². The van der Waals surface area contributed by atoms with Crippen LogP contribution in [-0.2, 0) is 31.9 Å². The van der Waals surface area contributed by atoms with Crippen LogP contribution < -0.4 is 9.30 Å². The van der Waals surface area contributed by atoms with Crippen molar-refractivity contribution in [3.05, 3.63) is 188 Å². The minimum absolute atomic E-state index is 0. The SMILES string of the molecule is [2H]c1c([2H])c([2H])c(-c2cccc(-c3c([2H])c([2H])c([2H])c([2H])c3[2H])c2-[n+]2[c-]n(-c3[c-]c(Oc4[c-]c5c(cc4)c4cnc(C(C)(C)C)nc4n5-c4cc(C(C)(C)C)ccn4)ccc3)c3ccccc32)c([2H])c1[2H].[Pt]. The summed E-state index contributed by atoms with van der Waals surface area (Å²) in [5.41, 5.74) is 3.74. The van der Waals surface area contributed by atoms with Crippen LogP contribution in [-0.4, -0.2) is 24.1 Å². The predicted octanol–water partition coefficient (Wildman–Crippen LogP) is 12.3. The molecule has 0 N–H and O–H groups in total. The van der Waals surface area contributed by atoms with Crippen LogP contribution in [0, 0.1) is 18.5 Å². The molecule has 0 unspecified atom stereocenters. The van der Waals surface area contributed by atoms with Gasteiger partial charge < -0.3 is 13.9 Å². The number of fused-ring (bicyclic) bond motifs is 4. The molecule has 0 aliphatic rings. The van der Waals surface area contributed by atoms with Crippen LogP contribution in [0.4, 0.5) is 0 Å². The number of nitrogens with zero attached hydrogens (tertiary/aromatic N) is 6. The van der Waals surface area contributed by atoms with Crippen molar-refractivity contribution in [1.29, 1.82) is 0 Å². The van der Waals surface area contributed by atoms with E-state index >= 15 is 0 Å². The molecule has 0 radical (unpaired) electrons. The molecular formula is C54H44N6OPt-2. The molecule has 0 bridgehead atoms. The van der Waals surface area contributed by atoms with Crippen molar-refractivity contribution in [2.75, 3.05) is 0 Å². The van der Waals surface area contributed by atoms with Crippen molar-refractivity contribution >= 4 is 33.0 Å². The number of hydrogen-bond donors (Lipinski definition) is 0. The Morgan fingerprint density at radius 3 is 2.05 bits per heavy atom. The third-order valence-corrected chi connectivity index (χ3v) is 10.5. The molecule has 8 heteroatoms. The van der Waals surface area contributed by atoms with Crippen LogP contribution >= 0.6 is 0 Å². The summed E-state index contributed by atoms with van der Waals surface area (Å²) in [6, 6.07) is 26.8. The summed E-state index contributed by atoms with van der Waals surface area (Å²) in [6.45, 7) is 12.7. The predicted molar refractivity (Wildman–Crippen MR) is 244 cm³/mol. The number of hydrogen-bond acceptors (Lipinski definition) is 4. The number of benzene rings is 6.